The molecule has 104 valence electrons. The Morgan fingerprint density at radius 2 is 1.61 bits per heavy atom. The molecule has 18 heavy (non-hydrogen) atoms. The first-order chi connectivity index (χ1) is 8.76. The number of nitrogens with zero attached hydrogens (tertiary/aromatic N) is 1. The Morgan fingerprint density at radius 1 is 1.00 bits per heavy atom. The summed E-state index contributed by atoms with van der Waals surface area (Å²) in [5, 5.41) is 0. The maximum Gasteiger partial charge on any atom is 0.119 e. The van der Waals surface area contributed by atoms with Crippen molar-refractivity contribution < 1.29 is 4.74 Å². The van der Waals surface area contributed by atoms with Gasteiger partial charge in [-0.15, -0.1) is 0 Å². The lowest BCUT2D eigenvalue weighted by atomic mass is 10.2. The second-order valence-electron chi connectivity index (χ2n) is 4.10. The molecule has 0 unspecified atom stereocenters. The van der Waals surface area contributed by atoms with Crippen molar-refractivity contribution in [3.63, 3.8) is 0 Å². The highest BCUT2D eigenvalue weighted by Crippen LogP contribution is 2.11. The topological polar surface area (TPSA) is 12.5 Å². The SMILES string of the molecule is CC.CCCN(CC)CCOc1ccc(C)cc1. The van der Waals surface area contributed by atoms with Crippen molar-refractivity contribution in [3.05, 3.63) is 29.8 Å². The van der Waals surface area contributed by atoms with Crippen molar-refractivity contribution in [2.45, 2.75) is 41.0 Å². The molecule has 0 aliphatic rings. The number of rotatable bonds is 7. The van der Waals surface area contributed by atoms with Gasteiger partial charge in [-0.05, 0) is 38.6 Å². The summed E-state index contributed by atoms with van der Waals surface area (Å²) in [5.41, 5.74) is 1.27. The minimum atomic E-state index is 0.775. The third kappa shape index (κ3) is 7.33. The minimum absolute atomic E-state index is 0.775. The second-order valence-corrected chi connectivity index (χ2v) is 4.10. The Morgan fingerprint density at radius 3 is 2.11 bits per heavy atom. The van der Waals surface area contributed by atoms with Crippen LogP contribution in [-0.2, 0) is 0 Å². The first-order valence-electron chi connectivity index (χ1n) is 7.18. The molecule has 0 saturated carbocycles. The summed E-state index contributed by atoms with van der Waals surface area (Å²) >= 11 is 0. The Balaban J connectivity index is 0.00000137. The zero-order valence-electron chi connectivity index (χ0n) is 12.7. The van der Waals surface area contributed by atoms with E-state index in [0.717, 1.165) is 32.0 Å². The van der Waals surface area contributed by atoms with Crippen molar-refractivity contribution in [1.82, 2.24) is 4.90 Å². The van der Waals surface area contributed by atoms with Gasteiger partial charge in [0.05, 0.1) is 0 Å². The van der Waals surface area contributed by atoms with Gasteiger partial charge in [-0.1, -0.05) is 45.4 Å². The highest BCUT2D eigenvalue weighted by molar-refractivity contribution is 5.26. The molecule has 0 fully saturated rings. The van der Waals surface area contributed by atoms with Crippen molar-refractivity contribution >= 4 is 0 Å². The zero-order chi connectivity index (χ0) is 13.8. The number of aryl methyl sites for hydroxylation is 1. The van der Waals surface area contributed by atoms with Crippen molar-refractivity contribution in [2.75, 3.05) is 26.2 Å². The van der Waals surface area contributed by atoms with Crippen molar-refractivity contribution in [2.24, 2.45) is 0 Å². The molecule has 0 heterocycles. The first-order valence-corrected chi connectivity index (χ1v) is 7.18. The van der Waals surface area contributed by atoms with Crippen LogP contribution in [0.1, 0.15) is 39.7 Å². The fourth-order valence-corrected chi connectivity index (χ4v) is 1.67. The van der Waals surface area contributed by atoms with Gasteiger partial charge in [0, 0.05) is 6.54 Å². The quantitative estimate of drug-likeness (QED) is 0.722. The fourth-order valence-electron chi connectivity index (χ4n) is 1.67. The number of hydrogen-bond acceptors (Lipinski definition) is 2. The zero-order valence-corrected chi connectivity index (χ0v) is 12.7. The van der Waals surface area contributed by atoms with E-state index >= 15 is 0 Å². The average molecular weight is 251 g/mol. The minimum Gasteiger partial charge on any atom is -0.492 e. The molecule has 1 aromatic carbocycles. The van der Waals surface area contributed by atoms with Gasteiger partial charge in [0.2, 0.25) is 0 Å². The van der Waals surface area contributed by atoms with E-state index in [9.17, 15) is 0 Å². The van der Waals surface area contributed by atoms with Crippen LogP contribution in [0.3, 0.4) is 0 Å². The molecule has 0 aliphatic heterocycles. The summed E-state index contributed by atoms with van der Waals surface area (Å²) in [7, 11) is 0. The van der Waals surface area contributed by atoms with Gasteiger partial charge in [0.25, 0.3) is 0 Å². The van der Waals surface area contributed by atoms with Crippen LogP contribution in [0.15, 0.2) is 24.3 Å². The van der Waals surface area contributed by atoms with Gasteiger partial charge in [0.15, 0.2) is 0 Å². The van der Waals surface area contributed by atoms with Gasteiger partial charge >= 0.3 is 0 Å². The molecule has 2 nitrogen and oxygen atoms in total. The van der Waals surface area contributed by atoms with E-state index in [2.05, 4.69) is 37.8 Å². The van der Waals surface area contributed by atoms with Gasteiger partial charge in [-0.2, -0.15) is 0 Å². The average Bonchev–Trinajstić information content (AvgIpc) is 2.42. The summed E-state index contributed by atoms with van der Waals surface area (Å²) in [6.45, 7) is 14.5. The summed E-state index contributed by atoms with van der Waals surface area (Å²) in [5.74, 6) is 0.971. The fraction of sp³-hybridized carbons (Fsp3) is 0.625. The molecule has 0 amide bonds. The molecule has 0 spiro atoms. The largest absolute Gasteiger partial charge is 0.492 e. The molecule has 1 rings (SSSR count). The Bertz CT molecular complexity index is 282. The standard InChI is InChI=1S/C14H23NO.C2H6/c1-4-10-15(5-2)11-12-16-14-8-6-13(3)7-9-14;1-2/h6-9H,4-5,10-12H2,1-3H3;1-2H3. The van der Waals surface area contributed by atoms with Gasteiger partial charge in [0.1, 0.15) is 12.4 Å². The molecule has 2 heteroatoms. The highest BCUT2D eigenvalue weighted by Gasteiger charge is 2.00. The van der Waals surface area contributed by atoms with E-state index in [1.807, 2.05) is 26.0 Å². The Labute approximate surface area is 113 Å². The molecule has 0 saturated heterocycles. The van der Waals surface area contributed by atoms with E-state index in [1.54, 1.807) is 0 Å². The molecule has 0 aliphatic carbocycles. The molecular weight excluding hydrogens is 222 g/mol. The number of likely N-dealkylation sites (N-methyl/N-ethyl adjacent to an activating group) is 1. The summed E-state index contributed by atoms with van der Waals surface area (Å²) in [4.78, 5) is 2.41. The van der Waals surface area contributed by atoms with E-state index in [4.69, 9.17) is 4.74 Å². The number of benzene rings is 1. The lowest BCUT2D eigenvalue weighted by Crippen LogP contribution is -2.28. The van der Waals surface area contributed by atoms with Gasteiger partial charge in [-0.25, -0.2) is 0 Å². The van der Waals surface area contributed by atoms with Crippen LogP contribution >= 0.6 is 0 Å². The predicted octanol–water partition coefficient (Wildman–Crippen LogP) is 4.13. The molecule has 0 atom stereocenters. The third-order valence-corrected chi connectivity index (χ3v) is 2.68. The smallest absolute Gasteiger partial charge is 0.119 e. The third-order valence-electron chi connectivity index (χ3n) is 2.68. The van der Waals surface area contributed by atoms with Crippen LogP contribution in [0.25, 0.3) is 0 Å². The summed E-state index contributed by atoms with van der Waals surface area (Å²) in [6.07, 6.45) is 1.21. The van der Waals surface area contributed by atoms with E-state index in [1.165, 1.54) is 12.0 Å². The Hall–Kier alpha value is -1.02. The lowest BCUT2D eigenvalue weighted by Gasteiger charge is -2.19. The first kappa shape index (κ1) is 17.0. The maximum absolute atomic E-state index is 5.70. The maximum atomic E-state index is 5.70. The molecular formula is C16H29NO. The van der Waals surface area contributed by atoms with E-state index in [-0.39, 0.29) is 0 Å². The van der Waals surface area contributed by atoms with E-state index in [0.29, 0.717) is 0 Å². The molecule has 0 bridgehead atoms. The van der Waals surface area contributed by atoms with Gasteiger partial charge in [-0.3, -0.25) is 0 Å². The molecule has 1 aromatic rings. The number of hydrogen-bond donors (Lipinski definition) is 0. The summed E-state index contributed by atoms with van der Waals surface area (Å²) in [6, 6.07) is 8.23. The molecule has 0 radical (unpaired) electrons. The van der Waals surface area contributed by atoms with Crippen LogP contribution < -0.4 is 4.74 Å². The predicted molar refractivity (Wildman–Crippen MR) is 80.4 cm³/mol. The second kappa shape index (κ2) is 11.1. The molecule has 0 aromatic heterocycles. The normalized spacial score (nSPS) is 9.89. The van der Waals surface area contributed by atoms with Crippen LogP contribution in [-0.4, -0.2) is 31.1 Å². The van der Waals surface area contributed by atoms with Crippen molar-refractivity contribution in [3.8, 4) is 5.75 Å². The lowest BCUT2D eigenvalue weighted by molar-refractivity contribution is 0.216. The Kier molecular flexibility index (Phi) is 10.5. The summed E-state index contributed by atoms with van der Waals surface area (Å²) < 4.78 is 5.70. The van der Waals surface area contributed by atoms with Crippen LogP contribution in [0.4, 0.5) is 0 Å². The van der Waals surface area contributed by atoms with Crippen molar-refractivity contribution in [1.29, 1.82) is 0 Å². The number of ether oxygens (including phenoxy) is 1. The van der Waals surface area contributed by atoms with Crippen LogP contribution in [0.5, 0.6) is 5.75 Å². The monoisotopic (exact) mass is 251 g/mol. The van der Waals surface area contributed by atoms with Crippen LogP contribution in [0, 0.1) is 6.92 Å². The van der Waals surface area contributed by atoms with Gasteiger partial charge < -0.3 is 9.64 Å². The van der Waals surface area contributed by atoms with Crippen LogP contribution in [0.2, 0.25) is 0 Å². The van der Waals surface area contributed by atoms with E-state index < -0.39 is 0 Å². The molecule has 0 N–H and O–H groups in total. The highest BCUT2D eigenvalue weighted by atomic mass is 16.5.